The number of carbonyl (C=O) groups excluding carboxylic acids is 3. The molecule has 1 aliphatic carbocycles. The van der Waals surface area contributed by atoms with E-state index < -0.39 is 17.5 Å². The number of rotatable bonds is 5. The van der Waals surface area contributed by atoms with E-state index in [1.54, 1.807) is 34.9 Å². The Morgan fingerprint density at radius 3 is 2.76 bits per heavy atom. The van der Waals surface area contributed by atoms with Crippen LogP contribution in [0.3, 0.4) is 0 Å². The smallest absolute Gasteiger partial charge is 0.341 e. The number of hydrogen-bond acceptors (Lipinski definition) is 6. The average molecular weight is 456 g/mol. The van der Waals surface area contributed by atoms with E-state index in [0.29, 0.717) is 16.4 Å². The Hall–Kier alpha value is -2.84. The van der Waals surface area contributed by atoms with E-state index >= 15 is 0 Å². The third kappa shape index (κ3) is 3.28. The van der Waals surface area contributed by atoms with Crippen LogP contribution in [0.2, 0.25) is 0 Å². The molecule has 0 unspecified atom stereocenters. The molecule has 0 bridgehead atoms. The zero-order chi connectivity index (χ0) is 20.7. The zero-order valence-corrected chi connectivity index (χ0v) is 17.5. The normalized spacial score (nSPS) is 13.0. The van der Waals surface area contributed by atoms with E-state index in [1.807, 2.05) is 19.0 Å². The number of pyridine rings is 2. The molecule has 0 amide bonds. The van der Waals surface area contributed by atoms with Gasteiger partial charge in [-0.15, -0.1) is 0 Å². The summed E-state index contributed by atoms with van der Waals surface area (Å²) in [6.07, 6.45) is 3.80. The summed E-state index contributed by atoms with van der Waals surface area (Å²) in [6.45, 7) is 0.991. The summed E-state index contributed by atoms with van der Waals surface area (Å²) in [7, 11) is 3.88. The van der Waals surface area contributed by atoms with Crippen LogP contribution in [0.4, 0.5) is 0 Å². The molecule has 3 heterocycles. The Labute approximate surface area is 175 Å². The van der Waals surface area contributed by atoms with Gasteiger partial charge < -0.3 is 14.0 Å². The first-order chi connectivity index (χ1) is 13.9. The SMILES string of the molecule is CN(C)CCCOC(=O)c1c2c(n3cc(Br)ccc13)C(=O)c1ncccc1C2=O. The minimum atomic E-state index is -0.613. The van der Waals surface area contributed by atoms with E-state index in [-0.39, 0.29) is 34.7 Å². The zero-order valence-electron chi connectivity index (χ0n) is 15.9. The molecule has 29 heavy (non-hydrogen) atoms. The van der Waals surface area contributed by atoms with E-state index in [0.717, 1.165) is 6.54 Å². The van der Waals surface area contributed by atoms with E-state index in [1.165, 1.54) is 6.20 Å². The molecule has 7 nitrogen and oxygen atoms in total. The predicted molar refractivity (Wildman–Crippen MR) is 110 cm³/mol. The Bertz CT molecular complexity index is 1170. The largest absolute Gasteiger partial charge is 0.462 e. The van der Waals surface area contributed by atoms with Crippen LogP contribution in [0, 0.1) is 0 Å². The molecule has 1 aliphatic rings. The molecule has 0 saturated carbocycles. The van der Waals surface area contributed by atoms with Crippen molar-refractivity contribution in [2.75, 3.05) is 27.2 Å². The molecule has 0 N–H and O–H groups in total. The number of carbonyl (C=O) groups is 3. The van der Waals surface area contributed by atoms with E-state index in [2.05, 4.69) is 20.9 Å². The van der Waals surface area contributed by atoms with Gasteiger partial charge in [-0.25, -0.2) is 4.79 Å². The fourth-order valence-corrected chi connectivity index (χ4v) is 3.85. The van der Waals surface area contributed by atoms with Crippen molar-refractivity contribution < 1.29 is 19.1 Å². The monoisotopic (exact) mass is 455 g/mol. The van der Waals surface area contributed by atoms with Crippen LogP contribution in [-0.2, 0) is 4.74 Å². The fraction of sp³-hybridized carbons (Fsp3) is 0.238. The van der Waals surface area contributed by atoms with Crippen molar-refractivity contribution >= 4 is 39.0 Å². The van der Waals surface area contributed by atoms with Gasteiger partial charge in [-0.3, -0.25) is 14.6 Å². The summed E-state index contributed by atoms with van der Waals surface area (Å²) in [6, 6.07) is 6.60. The highest BCUT2D eigenvalue weighted by molar-refractivity contribution is 9.10. The molecule has 3 aromatic rings. The van der Waals surface area contributed by atoms with Gasteiger partial charge in [0.05, 0.1) is 28.8 Å². The second kappa shape index (κ2) is 7.53. The molecule has 0 atom stereocenters. The first kappa shape index (κ1) is 19.5. The summed E-state index contributed by atoms with van der Waals surface area (Å²) in [5.41, 5.74) is 1.07. The summed E-state index contributed by atoms with van der Waals surface area (Å²) in [4.78, 5) is 45.4. The number of fused-ring (bicyclic) bond motifs is 4. The van der Waals surface area contributed by atoms with Gasteiger partial charge in [-0.1, -0.05) is 0 Å². The van der Waals surface area contributed by atoms with Crippen molar-refractivity contribution in [2.24, 2.45) is 0 Å². The van der Waals surface area contributed by atoms with Crippen LogP contribution in [0.1, 0.15) is 48.9 Å². The molecule has 8 heteroatoms. The molecular weight excluding hydrogens is 438 g/mol. The summed E-state index contributed by atoms with van der Waals surface area (Å²) >= 11 is 3.38. The van der Waals surface area contributed by atoms with E-state index in [4.69, 9.17) is 4.74 Å². The highest BCUT2D eigenvalue weighted by atomic mass is 79.9. The van der Waals surface area contributed by atoms with Gasteiger partial charge >= 0.3 is 5.97 Å². The van der Waals surface area contributed by atoms with Crippen molar-refractivity contribution in [1.29, 1.82) is 0 Å². The molecule has 0 aromatic carbocycles. The summed E-state index contributed by atoms with van der Waals surface area (Å²) in [5.74, 6) is -1.41. The first-order valence-corrected chi connectivity index (χ1v) is 9.89. The molecule has 0 aliphatic heterocycles. The summed E-state index contributed by atoms with van der Waals surface area (Å²) in [5, 5.41) is 0. The minimum absolute atomic E-state index is 0.0752. The van der Waals surface area contributed by atoms with Gasteiger partial charge in [0.1, 0.15) is 11.4 Å². The van der Waals surface area contributed by atoms with Crippen LogP contribution in [0.25, 0.3) is 5.52 Å². The van der Waals surface area contributed by atoms with Crippen molar-refractivity contribution in [3.8, 4) is 0 Å². The quantitative estimate of drug-likeness (QED) is 0.339. The van der Waals surface area contributed by atoms with Gasteiger partial charge in [-0.2, -0.15) is 0 Å². The third-order valence-electron chi connectivity index (χ3n) is 4.79. The molecule has 3 aromatic heterocycles. The molecule has 0 fully saturated rings. The lowest BCUT2D eigenvalue weighted by Gasteiger charge is -2.14. The van der Waals surface area contributed by atoms with Crippen molar-refractivity contribution in [1.82, 2.24) is 14.3 Å². The number of esters is 1. The van der Waals surface area contributed by atoms with Crippen molar-refractivity contribution in [3.05, 3.63) is 69.2 Å². The maximum atomic E-state index is 13.2. The Morgan fingerprint density at radius 1 is 1.21 bits per heavy atom. The fourth-order valence-electron chi connectivity index (χ4n) is 3.52. The lowest BCUT2D eigenvalue weighted by atomic mass is 9.89. The van der Waals surface area contributed by atoms with Gasteiger partial charge in [0.2, 0.25) is 5.78 Å². The Balaban J connectivity index is 1.85. The third-order valence-corrected chi connectivity index (χ3v) is 5.26. The topological polar surface area (TPSA) is 81.0 Å². The summed E-state index contributed by atoms with van der Waals surface area (Å²) < 4.78 is 7.72. The van der Waals surface area contributed by atoms with Gasteiger partial charge in [0.15, 0.2) is 5.78 Å². The Morgan fingerprint density at radius 2 is 2.00 bits per heavy atom. The molecular formula is C21H18BrN3O4. The van der Waals surface area contributed by atoms with E-state index in [9.17, 15) is 14.4 Å². The van der Waals surface area contributed by atoms with Gasteiger partial charge in [-0.05, 0) is 60.7 Å². The maximum Gasteiger partial charge on any atom is 0.341 e. The minimum Gasteiger partial charge on any atom is -0.462 e. The number of aromatic nitrogens is 2. The average Bonchev–Trinajstić information content (AvgIpc) is 3.04. The first-order valence-electron chi connectivity index (χ1n) is 9.10. The number of ketones is 2. The second-order valence-electron chi connectivity index (χ2n) is 7.05. The van der Waals surface area contributed by atoms with Crippen LogP contribution in [-0.4, -0.2) is 59.1 Å². The highest BCUT2D eigenvalue weighted by Gasteiger charge is 2.39. The number of halogens is 1. The van der Waals surface area contributed by atoms with Crippen molar-refractivity contribution in [3.63, 3.8) is 0 Å². The number of nitrogens with zero attached hydrogens (tertiary/aromatic N) is 3. The molecule has 0 spiro atoms. The highest BCUT2D eigenvalue weighted by Crippen LogP contribution is 2.34. The van der Waals surface area contributed by atoms with Crippen LogP contribution >= 0.6 is 15.9 Å². The molecule has 4 rings (SSSR count). The number of ether oxygens (including phenoxy) is 1. The molecule has 148 valence electrons. The molecule has 0 radical (unpaired) electrons. The number of hydrogen-bond donors (Lipinski definition) is 0. The lowest BCUT2D eigenvalue weighted by Crippen LogP contribution is -2.24. The van der Waals surface area contributed by atoms with Crippen LogP contribution < -0.4 is 0 Å². The second-order valence-corrected chi connectivity index (χ2v) is 7.97. The maximum absolute atomic E-state index is 13.2. The van der Waals surface area contributed by atoms with Crippen molar-refractivity contribution in [2.45, 2.75) is 6.42 Å². The Kier molecular flexibility index (Phi) is 5.06. The molecule has 0 saturated heterocycles. The lowest BCUT2D eigenvalue weighted by molar-refractivity contribution is 0.0493. The predicted octanol–water partition coefficient (Wildman–Crippen LogP) is 2.98. The van der Waals surface area contributed by atoms with Gasteiger partial charge in [0.25, 0.3) is 0 Å². The van der Waals surface area contributed by atoms with Crippen LogP contribution in [0.5, 0.6) is 0 Å². The standard InChI is InChI=1S/C21H18BrN3O4/c1-24(2)9-4-10-29-21(28)15-14-7-6-12(22)11-25(14)18-16(15)19(26)13-5-3-8-23-17(13)20(18)27/h3,5-8,11H,4,9-10H2,1-2H3. The van der Waals surface area contributed by atoms with Gasteiger partial charge in [0, 0.05) is 23.4 Å². The van der Waals surface area contributed by atoms with Crippen LogP contribution in [0.15, 0.2) is 41.1 Å².